The number of carbonyl (C=O) groups excluding carboxylic acids is 1. The van der Waals surface area contributed by atoms with Gasteiger partial charge in [-0.2, -0.15) is 0 Å². The molecule has 1 aliphatic rings. The van der Waals surface area contributed by atoms with E-state index in [2.05, 4.69) is 18.8 Å². The number of allylic oxidation sites excluding steroid dienone is 2. The van der Waals surface area contributed by atoms with Gasteiger partial charge in [0.1, 0.15) is 11.9 Å². The van der Waals surface area contributed by atoms with Gasteiger partial charge in [-0.25, -0.2) is 0 Å². The standard InChI is InChI=1S/C21H32O4/c1-3-4-9-16(2)19(22)14-12-17-13-15-20(23)18(17)10-7-5-6-8-11-21(24)25/h5,7,16-19,22H,3-4,6,8-11,13,15H2,1-2H3,(H,24,25)/b7-5-/t16?,17-,18+,19+/m0/s1. The Morgan fingerprint density at radius 2 is 2.12 bits per heavy atom. The van der Waals surface area contributed by atoms with Crippen LogP contribution in [0.15, 0.2) is 12.2 Å². The number of unbranched alkanes of at least 4 members (excludes halogenated alkanes) is 2. The number of hydrogen-bond donors (Lipinski definition) is 2. The Morgan fingerprint density at radius 1 is 1.36 bits per heavy atom. The van der Waals surface area contributed by atoms with Crippen molar-refractivity contribution in [1.29, 1.82) is 0 Å². The van der Waals surface area contributed by atoms with Gasteiger partial charge in [0.25, 0.3) is 0 Å². The Balaban J connectivity index is 2.48. The van der Waals surface area contributed by atoms with Crippen molar-refractivity contribution >= 4 is 11.8 Å². The zero-order chi connectivity index (χ0) is 18.7. The van der Waals surface area contributed by atoms with Gasteiger partial charge in [-0.3, -0.25) is 9.59 Å². The van der Waals surface area contributed by atoms with Crippen LogP contribution < -0.4 is 0 Å². The molecule has 0 bridgehead atoms. The molecule has 1 aliphatic carbocycles. The van der Waals surface area contributed by atoms with Crippen molar-refractivity contribution in [3.05, 3.63) is 12.2 Å². The maximum Gasteiger partial charge on any atom is 0.303 e. The van der Waals surface area contributed by atoms with Crippen molar-refractivity contribution in [3.63, 3.8) is 0 Å². The highest BCUT2D eigenvalue weighted by molar-refractivity contribution is 5.84. The molecule has 2 N–H and O–H groups in total. The quantitative estimate of drug-likeness (QED) is 0.356. The number of Topliss-reactive ketones (excluding diaryl/α,β-unsaturated/α-hetero) is 1. The number of aliphatic hydroxyl groups excluding tert-OH is 1. The Kier molecular flexibility index (Phi) is 10.2. The minimum atomic E-state index is -0.776. The maximum atomic E-state index is 12.1. The molecule has 4 nitrogen and oxygen atoms in total. The normalized spacial score (nSPS) is 22.6. The molecule has 1 saturated carbocycles. The first-order valence-corrected chi connectivity index (χ1v) is 9.54. The first kappa shape index (κ1) is 21.4. The average molecular weight is 348 g/mol. The topological polar surface area (TPSA) is 74.6 Å². The van der Waals surface area contributed by atoms with Gasteiger partial charge in [-0.15, -0.1) is 0 Å². The highest BCUT2D eigenvalue weighted by Crippen LogP contribution is 2.31. The van der Waals surface area contributed by atoms with E-state index in [0.29, 0.717) is 19.3 Å². The Labute approximate surface area is 151 Å². The maximum absolute atomic E-state index is 12.1. The van der Waals surface area contributed by atoms with Crippen LogP contribution in [0.2, 0.25) is 0 Å². The summed E-state index contributed by atoms with van der Waals surface area (Å²) in [5.41, 5.74) is 0. The summed E-state index contributed by atoms with van der Waals surface area (Å²) in [7, 11) is 0. The molecule has 0 heterocycles. The highest BCUT2D eigenvalue weighted by atomic mass is 16.4. The minimum Gasteiger partial charge on any atom is -0.481 e. The van der Waals surface area contributed by atoms with Gasteiger partial charge in [0, 0.05) is 24.7 Å². The molecule has 0 aromatic heterocycles. The lowest BCUT2D eigenvalue weighted by Gasteiger charge is -2.14. The Morgan fingerprint density at radius 3 is 2.80 bits per heavy atom. The van der Waals surface area contributed by atoms with E-state index >= 15 is 0 Å². The third-order valence-corrected chi connectivity index (χ3v) is 4.89. The molecule has 140 valence electrons. The van der Waals surface area contributed by atoms with E-state index in [9.17, 15) is 14.7 Å². The van der Waals surface area contributed by atoms with E-state index in [-0.39, 0.29) is 30.0 Å². The molecule has 0 spiro atoms. The highest BCUT2D eigenvalue weighted by Gasteiger charge is 2.32. The third kappa shape index (κ3) is 8.36. The number of carboxylic acid groups (broad SMARTS) is 1. The number of rotatable bonds is 10. The molecule has 4 heteroatoms. The third-order valence-electron chi connectivity index (χ3n) is 4.89. The van der Waals surface area contributed by atoms with Crippen LogP contribution in [0.4, 0.5) is 0 Å². The smallest absolute Gasteiger partial charge is 0.303 e. The predicted octanol–water partition coefficient (Wildman–Crippen LogP) is 3.97. The number of carboxylic acids is 1. The van der Waals surface area contributed by atoms with E-state index in [1.807, 2.05) is 19.1 Å². The van der Waals surface area contributed by atoms with Crippen LogP contribution in [0, 0.1) is 29.6 Å². The zero-order valence-corrected chi connectivity index (χ0v) is 15.5. The van der Waals surface area contributed by atoms with Crippen LogP contribution in [0.3, 0.4) is 0 Å². The van der Waals surface area contributed by atoms with Gasteiger partial charge in [0.05, 0.1) is 0 Å². The summed E-state index contributed by atoms with van der Waals surface area (Å²) in [4.78, 5) is 22.5. The van der Waals surface area contributed by atoms with Crippen molar-refractivity contribution in [2.75, 3.05) is 0 Å². The van der Waals surface area contributed by atoms with Crippen LogP contribution in [0.1, 0.15) is 71.6 Å². The molecular weight excluding hydrogens is 316 g/mol. The van der Waals surface area contributed by atoms with Gasteiger partial charge in [-0.05, 0) is 38.0 Å². The lowest BCUT2D eigenvalue weighted by atomic mass is 9.91. The van der Waals surface area contributed by atoms with Gasteiger partial charge in [0.2, 0.25) is 0 Å². The lowest BCUT2D eigenvalue weighted by Crippen LogP contribution is -2.17. The SMILES string of the molecule is CCCCC(C)[C@H](O)C#C[C@H]1CCC(=O)[C@@H]1C/C=C\CCCC(=O)O. The van der Waals surface area contributed by atoms with E-state index in [1.54, 1.807) is 0 Å². The lowest BCUT2D eigenvalue weighted by molar-refractivity contribution is -0.137. The monoisotopic (exact) mass is 348 g/mol. The van der Waals surface area contributed by atoms with E-state index < -0.39 is 12.1 Å². The largest absolute Gasteiger partial charge is 0.481 e. The molecule has 0 aromatic carbocycles. The van der Waals surface area contributed by atoms with Crippen LogP contribution >= 0.6 is 0 Å². The fourth-order valence-electron chi connectivity index (χ4n) is 3.13. The molecule has 0 saturated heterocycles. The van der Waals surface area contributed by atoms with E-state index in [0.717, 1.165) is 32.1 Å². The van der Waals surface area contributed by atoms with Crippen molar-refractivity contribution < 1.29 is 19.8 Å². The summed E-state index contributed by atoms with van der Waals surface area (Å²) in [6, 6.07) is 0. The van der Waals surface area contributed by atoms with Crippen LogP contribution in [0.25, 0.3) is 0 Å². The molecule has 25 heavy (non-hydrogen) atoms. The van der Waals surface area contributed by atoms with Crippen molar-refractivity contribution in [2.45, 2.75) is 77.7 Å². The predicted molar refractivity (Wildman–Crippen MR) is 98.9 cm³/mol. The second-order valence-corrected chi connectivity index (χ2v) is 7.06. The number of carbonyl (C=O) groups is 2. The van der Waals surface area contributed by atoms with Gasteiger partial charge < -0.3 is 10.2 Å². The molecular formula is C21H32O4. The molecule has 1 rings (SSSR count). The summed E-state index contributed by atoms with van der Waals surface area (Å²) in [5, 5.41) is 18.8. The minimum absolute atomic E-state index is 0.0317. The van der Waals surface area contributed by atoms with E-state index in [1.165, 1.54) is 0 Å². The second kappa shape index (κ2) is 11.9. The summed E-state index contributed by atoms with van der Waals surface area (Å²) < 4.78 is 0. The molecule has 4 atom stereocenters. The van der Waals surface area contributed by atoms with Crippen LogP contribution in [0.5, 0.6) is 0 Å². The van der Waals surface area contributed by atoms with Gasteiger partial charge in [-0.1, -0.05) is 50.7 Å². The van der Waals surface area contributed by atoms with Crippen LogP contribution in [-0.4, -0.2) is 28.1 Å². The van der Waals surface area contributed by atoms with Gasteiger partial charge in [0.15, 0.2) is 0 Å². The molecule has 1 fully saturated rings. The Hall–Kier alpha value is -1.60. The number of ketones is 1. The number of aliphatic carboxylic acids is 1. The average Bonchev–Trinajstić information content (AvgIpc) is 2.93. The van der Waals surface area contributed by atoms with Crippen LogP contribution in [-0.2, 0) is 9.59 Å². The fraction of sp³-hybridized carbons (Fsp3) is 0.714. The summed E-state index contributed by atoms with van der Waals surface area (Å²) >= 11 is 0. The molecule has 1 unspecified atom stereocenters. The second-order valence-electron chi connectivity index (χ2n) is 7.06. The van der Waals surface area contributed by atoms with Gasteiger partial charge >= 0.3 is 5.97 Å². The molecule has 0 radical (unpaired) electrons. The number of aliphatic hydroxyl groups is 1. The summed E-state index contributed by atoms with van der Waals surface area (Å²) in [6.45, 7) is 4.15. The fourth-order valence-corrected chi connectivity index (χ4v) is 3.13. The molecule has 0 amide bonds. The first-order valence-electron chi connectivity index (χ1n) is 9.54. The molecule has 0 aromatic rings. The van der Waals surface area contributed by atoms with Crippen molar-refractivity contribution in [1.82, 2.24) is 0 Å². The summed E-state index contributed by atoms with van der Waals surface area (Å²) in [6.07, 6.45) is 10.0. The van der Waals surface area contributed by atoms with Crippen molar-refractivity contribution in [3.8, 4) is 11.8 Å². The zero-order valence-electron chi connectivity index (χ0n) is 15.5. The van der Waals surface area contributed by atoms with E-state index in [4.69, 9.17) is 5.11 Å². The summed E-state index contributed by atoms with van der Waals surface area (Å²) in [5.74, 6) is 5.71. The Bertz CT molecular complexity index is 512. The first-order chi connectivity index (χ1) is 12.0. The number of hydrogen-bond acceptors (Lipinski definition) is 3. The van der Waals surface area contributed by atoms with Crippen molar-refractivity contribution in [2.24, 2.45) is 17.8 Å². The molecule has 0 aliphatic heterocycles.